The van der Waals surface area contributed by atoms with Crippen molar-refractivity contribution in [3.63, 3.8) is 0 Å². The Morgan fingerprint density at radius 1 is 1.26 bits per heavy atom. The van der Waals surface area contributed by atoms with Crippen LogP contribution in [-0.2, 0) is 11.3 Å². The molecule has 0 bridgehead atoms. The van der Waals surface area contributed by atoms with Gasteiger partial charge in [-0.2, -0.15) is 0 Å². The predicted molar refractivity (Wildman–Crippen MR) is 92.4 cm³/mol. The van der Waals surface area contributed by atoms with Crippen LogP contribution in [0.2, 0.25) is 0 Å². The summed E-state index contributed by atoms with van der Waals surface area (Å²) in [6, 6.07) is 3.74. The van der Waals surface area contributed by atoms with Crippen LogP contribution in [0.15, 0.2) is 27.6 Å². The van der Waals surface area contributed by atoms with Crippen LogP contribution in [0.25, 0.3) is 0 Å². The second-order valence-electron chi connectivity index (χ2n) is 6.20. The predicted octanol–water partition coefficient (Wildman–Crippen LogP) is 0.507. The minimum atomic E-state index is -0.0684. The van der Waals surface area contributed by atoms with E-state index in [4.69, 9.17) is 0 Å². The number of aryl methyl sites for hydroxylation is 1. The van der Waals surface area contributed by atoms with Gasteiger partial charge in [-0.15, -0.1) is 0 Å². The number of hydrogen-bond donors (Lipinski definition) is 1. The van der Waals surface area contributed by atoms with Crippen LogP contribution < -0.4 is 10.9 Å². The van der Waals surface area contributed by atoms with Gasteiger partial charge in [0.05, 0.1) is 0 Å². The molecular formula is C16H23BrN4O2. The number of nitrogens with zero attached hydrogens (tertiary/aromatic N) is 3. The van der Waals surface area contributed by atoms with Crippen molar-refractivity contribution >= 4 is 21.8 Å². The molecule has 1 atom stereocenters. The molecule has 2 aliphatic rings. The van der Waals surface area contributed by atoms with Gasteiger partial charge in [0, 0.05) is 75.0 Å². The van der Waals surface area contributed by atoms with Crippen molar-refractivity contribution in [1.29, 1.82) is 0 Å². The van der Waals surface area contributed by atoms with E-state index < -0.39 is 0 Å². The number of piperazine rings is 1. The van der Waals surface area contributed by atoms with E-state index in [1.54, 1.807) is 16.8 Å². The molecule has 6 nitrogen and oxygen atoms in total. The molecule has 1 amide bonds. The lowest BCUT2D eigenvalue weighted by molar-refractivity contribution is -0.130. The topological polar surface area (TPSA) is 57.6 Å². The zero-order valence-corrected chi connectivity index (χ0v) is 14.8. The maximum absolute atomic E-state index is 12.4. The number of nitrogens with one attached hydrogen (secondary N) is 1. The molecule has 23 heavy (non-hydrogen) atoms. The average molecular weight is 383 g/mol. The van der Waals surface area contributed by atoms with Crippen molar-refractivity contribution in [1.82, 2.24) is 19.7 Å². The van der Waals surface area contributed by atoms with Crippen LogP contribution in [0.3, 0.4) is 0 Å². The first-order chi connectivity index (χ1) is 11.1. The normalized spacial score (nSPS) is 22.5. The Labute approximate surface area is 144 Å². The number of halogens is 1. The molecule has 0 aromatic carbocycles. The van der Waals surface area contributed by atoms with E-state index in [-0.39, 0.29) is 11.5 Å². The highest BCUT2D eigenvalue weighted by Gasteiger charge is 2.30. The number of likely N-dealkylation sites (tertiary alicyclic amines) is 1. The van der Waals surface area contributed by atoms with Gasteiger partial charge in [0.2, 0.25) is 5.91 Å². The third-order valence-corrected chi connectivity index (χ3v) is 5.17. The second kappa shape index (κ2) is 7.59. The van der Waals surface area contributed by atoms with Gasteiger partial charge >= 0.3 is 0 Å². The highest BCUT2D eigenvalue weighted by molar-refractivity contribution is 9.10. The molecule has 2 fully saturated rings. The summed E-state index contributed by atoms with van der Waals surface area (Å²) >= 11 is 3.36. The van der Waals surface area contributed by atoms with Crippen LogP contribution >= 0.6 is 15.9 Å². The molecule has 0 spiro atoms. The van der Waals surface area contributed by atoms with E-state index >= 15 is 0 Å². The van der Waals surface area contributed by atoms with E-state index in [9.17, 15) is 9.59 Å². The molecule has 2 aliphatic heterocycles. The summed E-state index contributed by atoms with van der Waals surface area (Å²) in [5.74, 6) is 0.148. The largest absolute Gasteiger partial charge is 0.341 e. The van der Waals surface area contributed by atoms with Crippen LogP contribution in [0.4, 0.5) is 0 Å². The second-order valence-corrected chi connectivity index (χ2v) is 7.11. The van der Waals surface area contributed by atoms with Gasteiger partial charge in [0.1, 0.15) is 0 Å². The molecule has 1 unspecified atom stereocenters. The Hall–Kier alpha value is -1.18. The number of rotatable bonds is 4. The summed E-state index contributed by atoms with van der Waals surface area (Å²) in [4.78, 5) is 28.6. The molecule has 1 N–H and O–H groups in total. The SMILES string of the molecule is O=C(CCn1cc(Br)ccc1=O)N1CCC(N2CCNCC2)C1. The molecule has 0 aliphatic carbocycles. The molecule has 0 radical (unpaired) electrons. The van der Waals surface area contributed by atoms with Crippen molar-refractivity contribution < 1.29 is 4.79 Å². The van der Waals surface area contributed by atoms with Gasteiger partial charge < -0.3 is 14.8 Å². The molecule has 2 saturated heterocycles. The quantitative estimate of drug-likeness (QED) is 0.823. The average Bonchev–Trinajstić information content (AvgIpc) is 3.06. The van der Waals surface area contributed by atoms with Crippen LogP contribution in [-0.4, -0.2) is 65.6 Å². The van der Waals surface area contributed by atoms with Crippen LogP contribution in [0, 0.1) is 0 Å². The van der Waals surface area contributed by atoms with Crippen molar-refractivity contribution in [2.24, 2.45) is 0 Å². The Bertz CT molecular complexity index is 612. The number of carbonyl (C=O) groups excluding carboxylic acids is 1. The molecule has 1 aromatic heterocycles. The van der Waals surface area contributed by atoms with Gasteiger partial charge in [-0.1, -0.05) is 0 Å². The molecular weight excluding hydrogens is 360 g/mol. The lowest BCUT2D eigenvalue weighted by Gasteiger charge is -2.32. The van der Waals surface area contributed by atoms with Gasteiger partial charge in [-0.05, 0) is 28.4 Å². The number of amides is 1. The highest BCUT2D eigenvalue weighted by Crippen LogP contribution is 2.17. The minimum Gasteiger partial charge on any atom is -0.341 e. The maximum atomic E-state index is 12.4. The molecule has 3 heterocycles. The first-order valence-corrected chi connectivity index (χ1v) is 9.01. The lowest BCUT2D eigenvalue weighted by atomic mass is 10.2. The van der Waals surface area contributed by atoms with Crippen molar-refractivity contribution in [3.05, 3.63) is 33.2 Å². The zero-order chi connectivity index (χ0) is 16.2. The van der Waals surface area contributed by atoms with E-state index in [0.717, 1.165) is 50.2 Å². The fourth-order valence-corrected chi connectivity index (χ4v) is 3.74. The summed E-state index contributed by atoms with van der Waals surface area (Å²) < 4.78 is 2.44. The van der Waals surface area contributed by atoms with E-state index in [0.29, 0.717) is 19.0 Å². The Kier molecular flexibility index (Phi) is 5.50. The smallest absolute Gasteiger partial charge is 0.250 e. The fourth-order valence-electron chi connectivity index (χ4n) is 3.36. The molecule has 7 heteroatoms. The molecule has 3 rings (SSSR count). The number of aromatic nitrogens is 1. The van der Waals surface area contributed by atoms with Crippen molar-refractivity contribution in [2.45, 2.75) is 25.4 Å². The third kappa shape index (κ3) is 4.22. The van der Waals surface area contributed by atoms with Crippen molar-refractivity contribution in [2.75, 3.05) is 39.3 Å². The zero-order valence-electron chi connectivity index (χ0n) is 13.2. The van der Waals surface area contributed by atoms with Gasteiger partial charge in [0.25, 0.3) is 5.56 Å². The third-order valence-electron chi connectivity index (χ3n) is 4.70. The monoisotopic (exact) mass is 382 g/mol. The summed E-state index contributed by atoms with van der Waals surface area (Å²) in [5, 5.41) is 3.36. The summed E-state index contributed by atoms with van der Waals surface area (Å²) in [5.41, 5.74) is -0.0684. The first kappa shape index (κ1) is 16.7. The molecule has 0 saturated carbocycles. The van der Waals surface area contributed by atoms with E-state index in [1.165, 1.54) is 6.07 Å². The number of carbonyl (C=O) groups is 1. The fraction of sp³-hybridized carbons (Fsp3) is 0.625. The summed E-state index contributed by atoms with van der Waals surface area (Å²) in [6.07, 6.45) is 3.18. The molecule has 1 aromatic rings. The standard InChI is InChI=1S/C16H23BrN4O2/c17-13-1-2-15(22)20(11-13)8-4-16(23)21-7-3-14(12-21)19-9-5-18-6-10-19/h1-2,11,14,18H,3-10,12H2. The highest BCUT2D eigenvalue weighted by atomic mass is 79.9. The number of hydrogen-bond acceptors (Lipinski definition) is 4. The number of pyridine rings is 1. The van der Waals surface area contributed by atoms with E-state index in [1.807, 2.05) is 4.90 Å². The minimum absolute atomic E-state index is 0.0684. The Balaban J connectivity index is 1.51. The van der Waals surface area contributed by atoms with Gasteiger partial charge in [-0.3, -0.25) is 14.5 Å². The van der Waals surface area contributed by atoms with Crippen LogP contribution in [0.1, 0.15) is 12.8 Å². The van der Waals surface area contributed by atoms with Crippen molar-refractivity contribution in [3.8, 4) is 0 Å². The maximum Gasteiger partial charge on any atom is 0.250 e. The Morgan fingerprint density at radius 3 is 2.83 bits per heavy atom. The van der Waals surface area contributed by atoms with Gasteiger partial charge in [-0.25, -0.2) is 0 Å². The van der Waals surface area contributed by atoms with Gasteiger partial charge in [0.15, 0.2) is 0 Å². The van der Waals surface area contributed by atoms with E-state index in [2.05, 4.69) is 26.1 Å². The first-order valence-electron chi connectivity index (χ1n) is 8.22. The van der Waals surface area contributed by atoms with Crippen LogP contribution in [0.5, 0.6) is 0 Å². The lowest BCUT2D eigenvalue weighted by Crippen LogP contribution is -2.49. The summed E-state index contributed by atoms with van der Waals surface area (Å²) in [6.45, 7) is 6.31. The molecule has 126 valence electrons. The summed E-state index contributed by atoms with van der Waals surface area (Å²) in [7, 11) is 0. The Morgan fingerprint density at radius 2 is 2.04 bits per heavy atom.